The number of aryl methyl sites for hydroxylation is 1. The van der Waals surface area contributed by atoms with E-state index in [1.54, 1.807) is 0 Å². The molecule has 0 amide bonds. The molecule has 2 nitrogen and oxygen atoms in total. The zero-order valence-electron chi connectivity index (χ0n) is 8.24. The number of halogens is 1. The van der Waals surface area contributed by atoms with E-state index < -0.39 is 0 Å². The molecule has 15 heavy (non-hydrogen) atoms. The minimum atomic E-state index is 0.986. The Balaban J connectivity index is 2.55. The number of rotatable bonds is 0. The molecule has 3 aromatic rings. The van der Waals surface area contributed by atoms with Gasteiger partial charge in [-0.25, -0.2) is 4.98 Å². The highest BCUT2D eigenvalue weighted by Gasteiger charge is 2.04. The summed E-state index contributed by atoms with van der Waals surface area (Å²) in [6.45, 7) is 2.10. The van der Waals surface area contributed by atoms with Crippen LogP contribution in [0.25, 0.3) is 16.4 Å². The van der Waals surface area contributed by atoms with Crippen LogP contribution in [0.4, 0.5) is 0 Å². The Morgan fingerprint density at radius 2 is 2.13 bits per heavy atom. The van der Waals surface area contributed by atoms with Crippen molar-refractivity contribution in [2.75, 3.05) is 0 Å². The SMILES string of the molecule is Cc1ccc2c(ccn3c(Br)cnc23)c1. The number of nitrogens with zero attached hydrogens (tertiary/aromatic N) is 2. The van der Waals surface area contributed by atoms with Gasteiger partial charge in [-0.3, -0.25) is 4.40 Å². The summed E-state index contributed by atoms with van der Waals surface area (Å²) in [4.78, 5) is 4.39. The van der Waals surface area contributed by atoms with Crippen LogP contribution in [0.5, 0.6) is 0 Å². The Hall–Kier alpha value is -1.35. The summed E-state index contributed by atoms with van der Waals surface area (Å²) in [5.41, 5.74) is 2.27. The molecule has 0 bridgehead atoms. The minimum absolute atomic E-state index is 0.986. The van der Waals surface area contributed by atoms with Crippen LogP contribution in [0.2, 0.25) is 0 Å². The third kappa shape index (κ3) is 1.27. The second kappa shape index (κ2) is 3.07. The summed E-state index contributed by atoms with van der Waals surface area (Å²) >= 11 is 3.47. The summed E-state index contributed by atoms with van der Waals surface area (Å²) in [6, 6.07) is 8.53. The van der Waals surface area contributed by atoms with Gasteiger partial charge in [-0.2, -0.15) is 0 Å². The number of benzene rings is 1. The summed E-state index contributed by atoms with van der Waals surface area (Å²) in [7, 11) is 0. The van der Waals surface area contributed by atoms with Crippen molar-refractivity contribution in [3.8, 4) is 0 Å². The molecule has 3 rings (SSSR count). The zero-order chi connectivity index (χ0) is 10.4. The molecule has 0 saturated carbocycles. The molecule has 0 spiro atoms. The van der Waals surface area contributed by atoms with Crippen molar-refractivity contribution in [1.29, 1.82) is 0 Å². The average Bonchev–Trinajstić information content (AvgIpc) is 2.60. The van der Waals surface area contributed by atoms with Crippen molar-refractivity contribution < 1.29 is 0 Å². The molecule has 0 fully saturated rings. The third-order valence-electron chi connectivity index (χ3n) is 2.60. The maximum absolute atomic E-state index is 4.39. The third-order valence-corrected chi connectivity index (χ3v) is 3.19. The Kier molecular flexibility index (Phi) is 1.83. The Morgan fingerprint density at radius 1 is 1.27 bits per heavy atom. The second-order valence-corrected chi connectivity index (χ2v) is 4.49. The quantitative estimate of drug-likeness (QED) is 0.604. The molecule has 2 aromatic heterocycles. The fourth-order valence-electron chi connectivity index (χ4n) is 1.86. The lowest BCUT2D eigenvalue weighted by Crippen LogP contribution is -1.86. The number of pyridine rings is 1. The first-order valence-corrected chi connectivity index (χ1v) is 5.57. The summed E-state index contributed by atoms with van der Waals surface area (Å²) in [5.74, 6) is 0. The lowest BCUT2D eigenvalue weighted by Gasteiger charge is -2.02. The van der Waals surface area contributed by atoms with Gasteiger partial charge < -0.3 is 0 Å². The summed E-state index contributed by atoms with van der Waals surface area (Å²) < 4.78 is 3.03. The van der Waals surface area contributed by atoms with Crippen molar-refractivity contribution in [3.63, 3.8) is 0 Å². The Labute approximate surface area is 95.7 Å². The van der Waals surface area contributed by atoms with Crippen molar-refractivity contribution in [2.45, 2.75) is 6.92 Å². The van der Waals surface area contributed by atoms with Gasteiger partial charge in [-0.1, -0.05) is 23.8 Å². The number of hydrogen-bond acceptors (Lipinski definition) is 1. The molecule has 0 N–H and O–H groups in total. The average molecular weight is 261 g/mol. The smallest absolute Gasteiger partial charge is 0.145 e. The van der Waals surface area contributed by atoms with E-state index in [1.807, 2.05) is 16.8 Å². The van der Waals surface area contributed by atoms with E-state index in [0.29, 0.717) is 0 Å². The van der Waals surface area contributed by atoms with Gasteiger partial charge in [0, 0.05) is 11.6 Å². The molecule has 0 atom stereocenters. The van der Waals surface area contributed by atoms with E-state index in [0.717, 1.165) is 10.3 Å². The predicted molar refractivity (Wildman–Crippen MR) is 65.1 cm³/mol. The summed E-state index contributed by atoms with van der Waals surface area (Å²) in [6.07, 6.45) is 3.86. The topological polar surface area (TPSA) is 17.3 Å². The molecule has 2 heterocycles. The predicted octanol–water partition coefficient (Wildman–Crippen LogP) is 3.56. The highest BCUT2D eigenvalue weighted by molar-refractivity contribution is 9.10. The maximum Gasteiger partial charge on any atom is 0.145 e. The van der Waals surface area contributed by atoms with E-state index in [2.05, 4.69) is 52.1 Å². The maximum atomic E-state index is 4.39. The molecule has 0 saturated heterocycles. The van der Waals surface area contributed by atoms with Gasteiger partial charge in [0.1, 0.15) is 10.3 Å². The highest BCUT2D eigenvalue weighted by Crippen LogP contribution is 2.23. The van der Waals surface area contributed by atoms with Gasteiger partial charge in [-0.15, -0.1) is 0 Å². The summed E-state index contributed by atoms with van der Waals surface area (Å²) in [5, 5.41) is 2.43. The first-order valence-electron chi connectivity index (χ1n) is 4.77. The Bertz CT molecular complexity index is 655. The van der Waals surface area contributed by atoms with Gasteiger partial charge in [0.15, 0.2) is 0 Å². The Morgan fingerprint density at radius 3 is 3.00 bits per heavy atom. The lowest BCUT2D eigenvalue weighted by atomic mass is 10.1. The number of fused-ring (bicyclic) bond motifs is 3. The van der Waals surface area contributed by atoms with Gasteiger partial charge in [-0.05, 0) is 34.3 Å². The van der Waals surface area contributed by atoms with E-state index >= 15 is 0 Å². The molecule has 0 radical (unpaired) electrons. The van der Waals surface area contributed by atoms with Crippen LogP contribution in [0.15, 0.2) is 41.3 Å². The van der Waals surface area contributed by atoms with E-state index in [1.165, 1.54) is 16.3 Å². The molecular weight excluding hydrogens is 252 g/mol. The van der Waals surface area contributed by atoms with Gasteiger partial charge >= 0.3 is 0 Å². The normalized spacial score (nSPS) is 11.3. The van der Waals surface area contributed by atoms with Gasteiger partial charge in [0.05, 0.1) is 6.20 Å². The van der Waals surface area contributed by atoms with E-state index in [9.17, 15) is 0 Å². The van der Waals surface area contributed by atoms with Crippen LogP contribution >= 0.6 is 15.9 Å². The standard InChI is InChI=1S/C12H9BrN2/c1-8-2-3-10-9(6-8)4-5-15-11(13)7-14-12(10)15/h2-7H,1H3. The molecule has 0 aliphatic carbocycles. The van der Waals surface area contributed by atoms with Gasteiger partial charge in [0.25, 0.3) is 0 Å². The van der Waals surface area contributed by atoms with Crippen LogP contribution < -0.4 is 0 Å². The fourth-order valence-corrected chi connectivity index (χ4v) is 2.25. The van der Waals surface area contributed by atoms with Crippen molar-refractivity contribution in [1.82, 2.24) is 9.38 Å². The molecule has 74 valence electrons. The molecule has 0 aliphatic heterocycles. The first kappa shape index (κ1) is 8.92. The van der Waals surface area contributed by atoms with Crippen molar-refractivity contribution >= 4 is 32.3 Å². The fraction of sp³-hybridized carbons (Fsp3) is 0.0833. The van der Waals surface area contributed by atoms with Crippen LogP contribution in [0.3, 0.4) is 0 Å². The van der Waals surface area contributed by atoms with Crippen LogP contribution in [-0.4, -0.2) is 9.38 Å². The number of aromatic nitrogens is 2. The van der Waals surface area contributed by atoms with Crippen molar-refractivity contribution in [2.24, 2.45) is 0 Å². The van der Waals surface area contributed by atoms with Crippen LogP contribution in [0.1, 0.15) is 5.56 Å². The van der Waals surface area contributed by atoms with Crippen molar-refractivity contribution in [3.05, 3.63) is 46.8 Å². The van der Waals surface area contributed by atoms with E-state index in [-0.39, 0.29) is 0 Å². The first-order chi connectivity index (χ1) is 7.25. The second-order valence-electron chi connectivity index (χ2n) is 3.68. The van der Waals surface area contributed by atoms with Gasteiger partial charge in [0.2, 0.25) is 0 Å². The number of hydrogen-bond donors (Lipinski definition) is 0. The van der Waals surface area contributed by atoms with Crippen LogP contribution in [0, 0.1) is 6.92 Å². The number of imidazole rings is 1. The molecular formula is C12H9BrN2. The van der Waals surface area contributed by atoms with E-state index in [4.69, 9.17) is 0 Å². The lowest BCUT2D eigenvalue weighted by molar-refractivity contribution is 1.17. The molecule has 0 unspecified atom stereocenters. The zero-order valence-corrected chi connectivity index (χ0v) is 9.82. The largest absolute Gasteiger partial charge is 0.294 e. The molecule has 3 heteroatoms. The highest BCUT2D eigenvalue weighted by atomic mass is 79.9. The molecule has 0 aliphatic rings. The molecule has 1 aromatic carbocycles. The van der Waals surface area contributed by atoms with Crippen LogP contribution in [-0.2, 0) is 0 Å². The minimum Gasteiger partial charge on any atom is -0.294 e. The monoisotopic (exact) mass is 260 g/mol.